The molecule has 0 fully saturated rings. The SMILES string of the molecule is CCCCC/C=C/c1ccc(C(C)C)cc1. The maximum atomic E-state index is 2.29. The molecule has 0 aliphatic carbocycles. The summed E-state index contributed by atoms with van der Waals surface area (Å²) in [6.07, 6.45) is 9.70. The number of benzene rings is 1. The molecule has 1 aromatic rings. The van der Waals surface area contributed by atoms with Crippen molar-refractivity contribution in [3.05, 3.63) is 41.5 Å². The number of hydrogen-bond acceptors (Lipinski definition) is 0. The van der Waals surface area contributed by atoms with Gasteiger partial charge in [-0.2, -0.15) is 0 Å². The van der Waals surface area contributed by atoms with Gasteiger partial charge in [-0.25, -0.2) is 0 Å². The van der Waals surface area contributed by atoms with Crippen LogP contribution in [0.4, 0.5) is 0 Å². The Balaban J connectivity index is 2.42. The van der Waals surface area contributed by atoms with E-state index in [2.05, 4.69) is 57.2 Å². The lowest BCUT2D eigenvalue weighted by molar-refractivity contribution is 0.730. The van der Waals surface area contributed by atoms with E-state index < -0.39 is 0 Å². The summed E-state index contributed by atoms with van der Waals surface area (Å²) in [5.74, 6) is 0.627. The Morgan fingerprint density at radius 1 is 1.06 bits per heavy atom. The molecule has 0 heteroatoms. The molecule has 0 N–H and O–H groups in total. The second-order valence-electron chi connectivity index (χ2n) is 4.72. The predicted molar refractivity (Wildman–Crippen MR) is 73.7 cm³/mol. The number of unbranched alkanes of at least 4 members (excludes halogenated alkanes) is 3. The van der Waals surface area contributed by atoms with E-state index in [-0.39, 0.29) is 0 Å². The largest absolute Gasteiger partial charge is 0.0839 e. The van der Waals surface area contributed by atoms with Crippen molar-refractivity contribution in [2.24, 2.45) is 0 Å². The highest BCUT2D eigenvalue weighted by Gasteiger charge is 1.96. The highest BCUT2D eigenvalue weighted by atomic mass is 14.0. The summed E-state index contributed by atoms with van der Waals surface area (Å²) in [7, 11) is 0. The molecule has 0 radical (unpaired) electrons. The fraction of sp³-hybridized carbons (Fsp3) is 0.500. The van der Waals surface area contributed by atoms with Gasteiger partial charge >= 0.3 is 0 Å². The summed E-state index contributed by atoms with van der Waals surface area (Å²) in [6.45, 7) is 6.71. The Hall–Kier alpha value is -1.04. The molecule has 0 bridgehead atoms. The van der Waals surface area contributed by atoms with Crippen LogP contribution in [0.3, 0.4) is 0 Å². The molecule has 0 nitrogen and oxygen atoms in total. The van der Waals surface area contributed by atoms with Crippen molar-refractivity contribution in [3.8, 4) is 0 Å². The van der Waals surface area contributed by atoms with Gasteiger partial charge in [0.15, 0.2) is 0 Å². The molecule has 0 unspecified atom stereocenters. The second kappa shape index (κ2) is 7.27. The van der Waals surface area contributed by atoms with Crippen LogP contribution in [0.5, 0.6) is 0 Å². The Bertz CT molecular complexity index is 303. The third-order valence-corrected chi connectivity index (χ3v) is 2.89. The molecule has 0 spiro atoms. The van der Waals surface area contributed by atoms with Crippen LogP contribution in [0, 0.1) is 0 Å². The van der Waals surface area contributed by atoms with Crippen molar-refractivity contribution >= 4 is 6.08 Å². The fourth-order valence-electron chi connectivity index (χ4n) is 1.72. The molecule has 0 aliphatic heterocycles. The molecular formula is C16H24. The summed E-state index contributed by atoms with van der Waals surface area (Å²) in [6, 6.07) is 8.89. The minimum Gasteiger partial charge on any atom is -0.0839 e. The summed E-state index contributed by atoms with van der Waals surface area (Å²) >= 11 is 0. The average Bonchev–Trinajstić information content (AvgIpc) is 2.29. The van der Waals surface area contributed by atoms with Gasteiger partial charge < -0.3 is 0 Å². The molecule has 0 amide bonds. The molecule has 16 heavy (non-hydrogen) atoms. The molecule has 0 atom stereocenters. The minimum atomic E-state index is 0.627. The van der Waals surface area contributed by atoms with Crippen molar-refractivity contribution in [1.82, 2.24) is 0 Å². The third-order valence-electron chi connectivity index (χ3n) is 2.89. The summed E-state index contributed by atoms with van der Waals surface area (Å²) in [5.41, 5.74) is 2.74. The Labute approximate surface area is 100 Å². The summed E-state index contributed by atoms with van der Waals surface area (Å²) in [5, 5.41) is 0. The maximum absolute atomic E-state index is 2.29. The highest BCUT2D eigenvalue weighted by Crippen LogP contribution is 2.15. The first kappa shape index (κ1) is 13.0. The van der Waals surface area contributed by atoms with Crippen LogP contribution in [0.1, 0.15) is 63.5 Å². The molecule has 0 aromatic heterocycles. The van der Waals surface area contributed by atoms with Crippen LogP contribution >= 0.6 is 0 Å². The van der Waals surface area contributed by atoms with E-state index in [9.17, 15) is 0 Å². The monoisotopic (exact) mass is 216 g/mol. The van der Waals surface area contributed by atoms with E-state index in [1.54, 1.807) is 0 Å². The van der Waals surface area contributed by atoms with Crippen LogP contribution in [0.25, 0.3) is 6.08 Å². The third kappa shape index (κ3) is 4.65. The molecule has 88 valence electrons. The van der Waals surface area contributed by atoms with Gasteiger partial charge in [0.25, 0.3) is 0 Å². The van der Waals surface area contributed by atoms with Crippen LogP contribution in [0.2, 0.25) is 0 Å². The molecule has 0 saturated carbocycles. The highest BCUT2D eigenvalue weighted by molar-refractivity contribution is 5.49. The van der Waals surface area contributed by atoms with Gasteiger partial charge in [0.2, 0.25) is 0 Å². The van der Waals surface area contributed by atoms with E-state index in [0.29, 0.717) is 5.92 Å². The standard InChI is InChI=1S/C16H24/c1-4-5-6-7-8-9-15-10-12-16(13-11-15)14(2)3/h8-14H,4-7H2,1-3H3/b9-8+. The van der Waals surface area contributed by atoms with Crippen LogP contribution in [0.15, 0.2) is 30.3 Å². The van der Waals surface area contributed by atoms with Crippen molar-refractivity contribution in [2.75, 3.05) is 0 Å². The molecule has 0 heterocycles. The molecule has 0 saturated heterocycles. The quantitative estimate of drug-likeness (QED) is 0.558. The maximum Gasteiger partial charge on any atom is -0.0219 e. The normalized spacial score (nSPS) is 11.5. The van der Waals surface area contributed by atoms with Gasteiger partial charge in [0.1, 0.15) is 0 Å². The zero-order valence-corrected chi connectivity index (χ0v) is 10.9. The van der Waals surface area contributed by atoms with E-state index in [1.165, 1.54) is 36.8 Å². The zero-order chi connectivity index (χ0) is 11.8. The van der Waals surface area contributed by atoms with Crippen LogP contribution in [-0.4, -0.2) is 0 Å². The number of hydrogen-bond donors (Lipinski definition) is 0. The lowest BCUT2D eigenvalue weighted by Gasteiger charge is -2.04. The van der Waals surface area contributed by atoms with Crippen molar-refractivity contribution < 1.29 is 0 Å². The Morgan fingerprint density at radius 2 is 1.75 bits per heavy atom. The Kier molecular flexibility index (Phi) is 5.92. The zero-order valence-electron chi connectivity index (χ0n) is 10.9. The lowest BCUT2D eigenvalue weighted by Crippen LogP contribution is -1.85. The summed E-state index contributed by atoms with van der Waals surface area (Å²) in [4.78, 5) is 0. The van der Waals surface area contributed by atoms with Gasteiger partial charge in [-0.1, -0.05) is 70.0 Å². The fourth-order valence-corrected chi connectivity index (χ4v) is 1.72. The van der Waals surface area contributed by atoms with Gasteiger partial charge in [-0.3, -0.25) is 0 Å². The van der Waals surface area contributed by atoms with E-state index >= 15 is 0 Å². The number of allylic oxidation sites excluding steroid dienone is 1. The molecule has 1 rings (SSSR count). The first-order valence-electron chi connectivity index (χ1n) is 6.50. The van der Waals surface area contributed by atoms with Crippen molar-refractivity contribution in [1.29, 1.82) is 0 Å². The minimum absolute atomic E-state index is 0.627. The van der Waals surface area contributed by atoms with Crippen LogP contribution < -0.4 is 0 Å². The van der Waals surface area contributed by atoms with Gasteiger partial charge in [0, 0.05) is 0 Å². The van der Waals surface area contributed by atoms with E-state index in [0.717, 1.165) is 0 Å². The van der Waals surface area contributed by atoms with Crippen molar-refractivity contribution in [2.45, 2.75) is 52.4 Å². The van der Waals surface area contributed by atoms with Gasteiger partial charge in [-0.05, 0) is 29.9 Å². The first-order valence-corrected chi connectivity index (χ1v) is 6.50. The van der Waals surface area contributed by atoms with Crippen molar-refractivity contribution in [3.63, 3.8) is 0 Å². The lowest BCUT2D eigenvalue weighted by atomic mass is 10.0. The van der Waals surface area contributed by atoms with Gasteiger partial charge in [0.05, 0.1) is 0 Å². The predicted octanol–water partition coefficient (Wildman–Crippen LogP) is 5.40. The van der Waals surface area contributed by atoms with Crippen LogP contribution in [-0.2, 0) is 0 Å². The average molecular weight is 216 g/mol. The molecule has 0 aliphatic rings. The Morgan fingerprint density at radius 3 is 2.31 bits per heavy atom. The number of rotatable bonds is 6. The van der Waals surface area contributed by atoms with E-state index in [1.807, 2.05) is 0 Å². The van der Waals surface area contributed by atoms with E-state index in [4.69, 9.17) is 0 Å². The smallest absolute Gasteiger partial charge is 0.0219 e. The molecule has 1 aromatic carbocycles. The first-order chi connectivity index (χ1) is 7.74. The summed E-state index contributed by atoms with van der Waals surface area (Å²) < 4.78 is 0. The molecular weight excluding hydrogens is 192 g/mol. The topological polar surface area (TPSA) is 0 Å². The van der Waals surface area contributed by atoms with Gasteiger partial charge in [-0.15, -0.1) is 0 Å². The second-order valence-corrected chi connectivity index (χ2v) is 4.72.